The molecule has 0 saturated heterocycles. The van der Waals surface area contributed by atoms with Crippen molar-refractivity contribution in [2.45, 2.75) is 25.5 Å². The van der Waals surface area contributed by atoms with E-state index in [1.807, 2.05) is 37.3 Å². The van der Waals surface area contributed by atoms with Crippen LogP contribution in [0.1, 0.15) is 25.0 Å². The van der Waals surface area contributed by atoms with Crippen LogP contribution in [0.25, 0.3) is 0 Å². The second-order valence-electron chi connectivity index (χ2n) is 3.49. The number of nitrogens with zero attached hydrogens (tertiary/aromatic N) is 2. The first-order valence-electron chi connectivity index (χ1n) is 4.99. The third-order valence-electron chi connectivity index (χ3n) is 2.53. The second-order valence-corrected chi connectivity index (χ2v) is 3.49. The molecule has 1 aromatic rings. The number of hydrogen-bond acceptors (Lipinski definition) is 3. The molecule has 82 valence electrons. The van der Waals surface area contributed by atoms with Crippen molar-refractivity contribution in [3.63, 3.8) is 0 Å². The fourth-order valence-electron chi connectivity index (χ4n) is 1.62. The lowest BCUT2D eigenvalue weighted by atomic mass is 10.0. The normalized spacial score (nSPS) is 14.3. The van der Waals surface area contributed by atoms with Gasteiger partial charge in [-0.1, -0.05) is 37.3 Å². The predicted molar refractivity (Wildman–Crippen MR) is 59.0 cm³/mol. The van der Waals surface area contributed by atoms with Crippen LogP contribution in [0.5, 0.6) is 0 Å². The smallest absolute Gasteiger partial charge is 0.101 e. The Balaban J connectivity index is 2.82. The Hall–Kier alpha value is -1.42. The molecule has 0 aliphatic rings. The van der Waals surface area contributed by atoms with E-state index in [0.717, 1.165) is 5.56 Å². The van der Waals surface area contributed by atoms with Gasteiger partial charge in [-0.3, -0.25) is 5.01 Å². The highest BCUT2D eigenvalue weighted by Gasteiger charge is 2.23. The number of rotatable bonds is 5. The van der Waals surface area contributed by atoms with Crippen LogP contribution in [0.15, 0.2) is 35.6 Å². The molecule has 0 spiro atoms. The van der Waals surface area contributed by atoms with Gasteiger partial charge in [0.25, 0.3) is 0 Å². The van der Waals surface area contributed by atoms with Crippen molar-refractivity contribution < 1.29 is 5.11 Å². The van der Waals surface area contributed by atoms with Crippen molar-refractivity contribution >= 4 is 0 Å². The maximum absolute atomic E-state index is 10.4. The van der Waals surface area contributed by atoms with Gasteiger partial charge in [-0.05, 0) is 12.0 Å². The molecule has 0 radical (unpaired) electrons. The molecule has 1 aromatic carbocycles. The molecule has 1 N–H and O–H groups in total. The zero-order valence-electron chi connectivity index (χ0n) is 9.00. The predicted octanol–water partition coefficient (Wildman–Crippen LogP) is 2.11. The van der Waals surface area contributed by atoms with Crippen LogP contribution in [0.3, 0.4) is 0 Å². The van der Waals surface area contributed by atoms with Gasteiger partial charge in [0.2, 0.25) is 0 Å². The highest BCUT2D eigenvalue weighted by atomic mass is 16.3. The molecule has 2 atom stereocenters. The van der Waals surface area contributed by atoms with Gasteiger partial charge in [0.05, 0.1) is 11.3 Å². The number of hydrogen-bond donors (Lipinski definition) is 1. The van der Waals surface area contributed by atoms with E-state index in [1.54, 1.807) is 7.05 Å². The molecule has 0 fully saturated rings. The van der Waals surface area contributed by atoms with Crippen LogP contribution in [0.2, 0.25) is 0 Å². The third kappa shape index (κ3) is 2.76. The van der Waals surface area contributed by atoms with Gasteiger partial charge < -0.3 is 5.11 Å². The van der Waals surface area contributed by atoms with E-state index < -0.39 is 6.10 Å². The summed E-state index contributed by atoms with van der Waals surface area (Å²) in [5.41, 5.74) is 0.805. The lowest BCUT2D eigenvalue weighted by molar-refractivity contribution is 0.0608. The SMILES string of the molecule is CC[C@@H]([C@H](O)c1ccccc1)N(C)N=O. The molecule has 4 heteroatoms. The average molecular weight is 208 g/mol. The summed E-state index contributed by atoms with van der Waals surface area (Å²) in [5.74, 6) is 0. The molecule has 0 bridgehead atoms. The number of aliphatic hydroxyl groups is 1. The van der Waals surface area contributed by atoms with E-state index in [2.05, 4.69) is 5.29 Å². The van der Waals surface area contributed by atoms with Crippen molar-refractivity contribution in [2.75, 3.05) is 7.05 Å². The Morgan fingerprint density at radius 3 is 2.47 bits per heavy atom. The summed E-state index contributed by atoms with van der Waals surface area (Å²) in [5, 5.41) is 14.1. The zero-order valence-corrected chi connectivity index (χ0v) is 9.00. The van der Waals surface area contributed by atoms with E-state index in [-0.39, 0.29) is 6.04 Å². The summed E-state index contributed by atoms with van der Waals surface area (Å²) in [6.07, 6.45) is -0.0166. The van der Waals surface area contributed by atoms with Gasteiger partial charge in [-0.25, -0.2) is 0 Å². The van der Waals surface area contributed by atoms with Crippen molar-refractivity contribution in [1.29, 1.82) is 0 Å². The van der Waals surface area contributed by atoms with Crippen molar-refractivity contribution in [2.24, 2.45) is 5.29 Å². The molecule has 0 aliphatic carbocycles. The van der Waals surface area contributed by atoms with E-state index in [9.17, 15) is 10.0 Å². The first-order valence-corrected chi connectivity index (χ1v) is 4.99. The van der Waals surface area contributed by atoms with Crippen LogP contribution >= 0.6 is 0 Å². The summed E-state index contributed by atoms with van der Waals surface area (Å²) in [6, 6.07) is 9.01. The maximum Gasteiger partial charge on any atom is 0.101 e. The first kappa shape index (κ1) is 11.7. The van der Waals surface area contributed by atoms with Crippen LogP contribution in [-0.2, 0) is 0 Å². The maximum atomic E-state index is 10.4. The Morgan fingerprint density at radius 1 is 1.40 bits per heavy atom. The van der Waals surface area contributed by atoms with Gasteiger partial charge in [0.1, 0.15) is 6.10 Å². The molecule has 4 nitrogen and oxygen atoms in total. The quantitative estimate of drug-likeness (QED) is 0.595. The van der Waals surface area contributed by atoms with Crippen LogP contribution in [0, 0.1) is 4.91 Å². The van der Waals surface area contributed by atoms with Crippen molar-refractivity contribution in [3.05, 3.63) is 40.8 Å². The topological polar surface area (TPSA) is 52.9 Å². The van der Waals surface area contributed by atoms with E-state index in [1.165, 1.54) is 5.01 Å². The summed E-state index contributed by atoms with van der Waals surface area (Å²) in [7, 11) is 1.58. The monoisotopic (exact) mass is 208 g/mol. The molecule has 1 rings (SSSR count). The Bertz CT molecular complexity index is 303. The van der Waals surface area contributed by atoms with Gasteiger partial charge in [0, 0.05) is 7.05 Å². The number of aliphatic hydroxyl groups excluding tert-OH is 1. The molecule has 0 heterocycles. The average Bonchev–Trinajstić information content (AvgIpc) is 2.30. The van der Waals surface area contributed by atoms with Gasteiger partial charge >= 0.3 is 0 Å². The molecular weight excluding hydrogens is 192 g/mol. The fraction of sp³-hybridized carbons (Fsp3) is 0.455. The minimum atomic E-state index is -0.682. The number of benzene rings is 1. The van der Waals surface area contributed by atoms with Gasteiger partial charge in [-0.2, -0.15) is 0 Å². The summed E-state index contributed by atoms with van der Waals surface area (Å²) in [4.78, 5) is 10.4. The van der Waals surface area contributed by atoms with E-state index in [4.69, 9.17) is 0 Å². The van der Waals surface area contributed by atoms with E-state index in [0.29, 0.717) is 6.42 Å². The van der Waals surface area contributed by atoms with Crippen LogP contribution < -0.4 is 0 Å². The molecule has 0 aliphatic heterocycles. The highest BCUT2D eigenvalue weighted by molar-refractivity contribution is 5.18. The standard InChI is InChI=1S/C11H16N2O2/c1-3-10(13(2)12-15)11(14)9-7-5-4-6-8-9/h4-8,10-11,14H,3H2,1-2H3/t10-,11+/m0/s1. The lowest BCUT2D eigenvalue weighted by Crippen LogP contribution is -2.32. The largest absolute Gasteiger partial charge is 0.386 e. The Labute approximate surface area is 89.5 Å². The van der Waals surface area contributed by atoms with Crippen molar-refractivity contribution in [1.82, 2.24) is 5.01 Å². The summed E-state index contributed by atoms with van der Waals surface area (Å²) in [6.45, 7) is 1.92. The van der Waals surface area contributed by atoms with Gasteiger partial charge in [0.15, 0.2) is 0 Å². The van der Waals surface area contributed by atoms with E-state index >= 15 is 0 Å². The lowest BCUT2D eigenvalue weighted by Gasteiger charge is -2.26. The summed E-state index contributed by atoms with van der Waals surface area (Å²) >= 11 is 0. The molecule has 0 unspecified atom stereocenters. The third-order valence-corrected chi connectivity index (χ3v) is 2.53. The van der Waals surface area contributed by atoms with Gasteiger partial charge in [-0.15, -0.1) is 4.91 Å². The second kappa shape index (κ2) is 5.46. The first-order chi connectivity index (χ1) is 7.20. The molecule has 0 saturated carbocycles. The Kier molecular flexibility index (Phi) is 4.24. The summed E-state index contributed by atoms with van der Waals surface area (Å²) < 4.78 is 0. The minimum Gasteiger partial charge on any atom is -0.386 e. The molecule has 0 amide bonds. The molecular formula is C11H16N2O2. The van der Waals surface area contributed by atoms with Crippen LogP contribution in [-0.4, -0.2) is 23.2 Å². The number of likely N-dealkylation sites (N-methyl/N-ethyl adjacent to an activating group) is 1. The van der Waals surface area contributed by atoms with Crippen molar-refractivity contribution in [3.8, 4) is 0 Å². The fourth-order valence-corrected chi connectivity index (χ4v) is 1.62. The highest BCUT2D eigenvalue weighted by Crippen LogP contribution is 2.22. The zero-order chi connectivity index (χ0) is 11.3. The Morgan fingerprint density at radius 2 is 2.00 bits per heavy atom. The van der Waals surface area contributed by atoms with Crippen LogP contribution in [0.4, 0.5) is 0 Å². The number of nitroso groups, excluding NO2 is 1. The molecule has 0 aromatic heterocycles. The minimum absolute atomic E-state index is 0.273. The molecule has 15 heavy (non-hydrogen) atoms.